The lowest BCUT2D eigenvalue weighted by Crippen LogP contribution is -2.32. The SMILES string of the molecule is C=CCN(CC=C)C(=O)/C(C#N)=C\Nc1cccc(Br)c1. The predicted molar refractivity (Wildman–Crippen MR) is 88.4 cm³/mol. The van der Waals surface area contributed by atoms with Crippen LogP contribution in [0.25, 0.3) is 0 Å². The van der Waals surface area contributed by atoms with Crippen molar-refractivity contribution < 1.29 is 4.79 Å². The Hall–Kier alpha value is -2.32. The van der Waals surface area contributed by atoms with Gasteiger partial charge in [-0.2, -0.15) is 5.26 Å². The second kappa shape index (κ2) is 8.77. The first-order valence-electron chi connectivity index (χ1n) is 6.25. The molecule has 1 rings (SSSR count). The fourth-order valence-electron chi connectivity index (χ4n) is 1.60. The van der Waals surface area contributed by atoms with Gasteiger partial charge in [0.1, 0.15) is 11.6 Å². The van der Waals surface area contributed by atoms with Gasteiger partial charge in [-0.3, -0.25) is 4.79 Å². The molecule has 0 aliphatic rings. The summed E-state index contributed by atoms with van der Waals surface area (Å²) < 4.78 is 0.908. The van der Waals surface area contributed by atoms with Crippen LogP contribution in [0.2, 0.25) is 0 Å². The van der Waals surface area contributed by atoms with Crippen LogP contribution in [0.15, 0.2) is 65.8 Å². The highest BCUT2D eigenvalue weighted by molar-refractivity contribution is 9.10. The normalized spacial score (nSPS) is 10.4. The second-order valence-electron chi connectivity index (χ2n) is 4.11. The lowest BCUT2D eigenvalue weighted by Gasteiger charge is -2.18. The van der Waals surface area contributed by atoms with Crippen molar-refractivity contribution in [2.24, 2.45) is 0 Å². The number of hydrogen-bond donors (Lipinski definition) is 1. The van der Waals surface area contributed by atoms with Crippen LogP contribution in [-0.2, 0) is 4.79 Å². The lowest BCUT2D eigenvalue weighted by molar-refractivity contribution is -0.125. The van der Waals surface area contributed by atoms with Crippen LogP contribution in [0, 0.1) is 11.3 Å². The summed E-state index contributed by atoms with van der Waals surface area (Å²) in [7, 11) is 0. The van der Waals surface area contributed by atoms with Gasteiger partial charge in [-0.25, -0.2) is 0 Å². The fraction of sp³-hybridized carbons (Fsp3) is 0.125. The number of nitrogens with one attached hydrogen (secondary N) is 1. The zero-order chi connectivity index (χ0) is 15.7. The Kier molecular flexibility index (Phi) is 6.99. The summed E-state index contributed by atoms with van der Waals surface area (Å²) in [5.74, 6) is -0.361. The molecule has 0 atom stereocenters. The summed E-state index contributed by atoms with van der Waals surface area (Å²) in [6, 6.07) is 9.35. The largest absolute Gasteiger partial charge is 0.360 e. The van der Waals surface area contributed by atoms with E-state index in [0.717, 1.165) is 10.2 Å². The summed E-state index contributed by atoms with van der Waals surface area (Å²) in [4.78, 5) is 13.7. The van der Waals surface area contributed by atoms with Crippen molar-refractivity contribution in [3.8, 4) is 6.07 Å². The van der Waals surface area contributed by atoms with E-state index in [4.69, 9.17) is 5.26 Å². The van der Waals surface area contributed by atoms with Gasteiger partial charge in [0.05, 0.1) is 0 Å². The van der Waals surface area contributed by atoms with Crippen molar-refractivity contribution in [2.75, 3.05) is 18.4 Å². The molecule has 0 saturated carbocycles. The predicted octanol–water partition coefficient (Wildman–Crippen LogP) is 3.47. The molecule has 0 spiro atoms. The van der Waals surface area contributed by atoms with Gasteiger partial charge in [0.2, 0.25) is 0 Å². The number of carbonyl (C=O) groups excluding carboxylic acids is 1. The topological polar surface area (TPSA) is 56.1 Å². The molecule has 5 heteroatoms. The van der Waals surface area contributed by atoms with Crippen molar-refractivity contribution in [2.45, 2.75) is 0 Å². The summed E-state index contributed by atoms with van der Waals surface area (Å²) in [5, 5.41) is 12.1. The van der Waals surface area contributed by atoms with Gasteiger partial charge < -0.3 is 10.2 Å². The van der Waals surface area contributed by atoms with Gasteiger partial charge in [0.15, 0.2) is 0 Å². The van der Waals surface area contributed by atoms with Gasteiger partial charge in [-0.1, -0.05) is 34.1 Å². The minimum Gasteiger partial charge on any atom is -0.360 e. The summed E-state index contributed by atoms with van der Waals surface area (Å²) in [6.45, 7) is 7.93. The third kappa shape index (κ3) is 5.28. The van der Waals surface area contributed by atoms with Crippen LogP contribution in [0.4, 0.5) is 5.69 Å². The van der Waals surface area contributed by atoms with Crippen molar-refractivity contribution in [3.63, 3.8) is 0 Å². The standard InChI is InChI=1S/C16H16BrN3O/c1-3-8-20(9-4-2)16(21)13(11-18)12-19-15-7-5-6-14(17)10-15/h3-7,10,12,19H,1-2,8-9H2/b13-12-. The number of benzene rings is 1. The van der Waals surface area contributed by atoms with E-state index in [9.17, 15) is 4.79 Å². The Morgan fingerprint density at radius 1 is 1.38 bits per heavy atom. The summed E-state index contributed by atoms with van der Waals surface area (Å²) in [5.41, 5.74) is 0.808. The molecule has 0 aromatic heterocycles. The molecule has 0 fully saturated rings. The third-order valence-electron chi connectivity index (χ3n) is 2.54. The highest BCUT2D eigenvalue weighted by Crippen LogP contribution is 2.16. The number of rotatable bonds is 7. The Morgan fingerprint density at radius 2 is 2.05 bits per heavy atom. The van der Waals surface area contributed by atoms with Gasteiger partial charge in [0, 0.05) is 29.4 Å². The molecule has 0 heterocycles. The van der Waals surface area contributed by atoms with Gasteiger partial charge in [-0.15, -0.1) is 13.2 Å². The van der Waals surface area contributed by atoms with Crippen molar-refractivity contribution in [3.05, 3.63) is 65.8 Å². The Bertz CT molecular complexity index is 592. The molecule has 0 unspecified atom stereocenters. The summed E-state index contributed by atoms with van der Waals surface area (Å²) >= 11 is 3.36. The Labute approximate surface area is 133 Å². The molecule has 1 amide bonds. The number of carbonyl (C=O) groups is 1. The molecular weight excluding hydrogens is 330 g/mol. The average molecular weight is 346 g/mol. The van der Waals surface area contributed by atoms with Crippen molar-refractivity contribution >= 4 is 27.5 Å². The molecule has 0 bridgehead atoms. The van der Waals surface area contributed by atoms with Crippen LogP contribution < -0.4 is 5.32 Å². The average Bonchev–Trinajstić information content (AvgIpc) is 2.47. The number of nitrogens with zero attached hydrogens (tertiary/aromatic N) is 2. The molecule has 0 aliphatic heterocycles. The lowest BCUT2D eigenvalue weighted by atomic mass is 10.2. The minimum atomic E-state index is -0.361. The van der Waals surface area contributed by atoms with E-state index in [-0.39, 0.29) is 11.5 Å². The third-order valence-corrected chi connectivity index (χ3v) is 3.04. The number of anilines is 1. The molecule has 4 nitrogen and oxygen atoms in total. The smallest absolute Gasteiger partial charge is 0.266 e. The highest BCUT2D eigenvalue weighted by Gasteiger charge is 2.15. The van der Waals surface area contributed by atoms with E-state index in [2.05, 4.69) is 34.4 Å². The number of amides is 1. The van der Waals surface area contributed by atoms with Crippen LogP contribution in [0.1, 0.15) is 0 Å². The maximum atomic E-state index is 12.2. The van der Waals surface area contributed by atoms with Crippen molar-refractivity contribution in [1.29, 1.82) is 5.26 Å². The Morgan fingerprint density at radius 3 is 2.57 bits per heavy atom. The minimum absolute atomic E-state index is 0.0266. The van der Waals surface area contributed by atoms with Crippen LogP contribution >= 0.6 is 15.9 Å². The van der Waals surface area contributed by atoms with Crippen LogP contribution in [-0.4, -0.2) is 23.9 Å². The van der Waals surface area contributed by atoms with E-state index in [1.165, 1.54) is 11.1 Å². The van der Waals surface area contributed by atoms with Crippen LogP contribution in [0.3, 0.4) is 0 Å². The Balaban J connectivity index is 2.87. The molecule has 1 aromatic carbocycles. The molecule has 0 saturated heterocycles. The zero-order valence-corrected chi connectivity index (χ0v) is 13.1. The molecule has 0 radical (unpaired) electrons. The van der Waals surface area contributed by atoms with E-state index < -0.39 is 0 Å². The van der Waals surface area contributed by atoms with Crippen molar-refractivity contribution in [1.82, 2.24) is 4.90 Å². The summed E-state index contributed by atoms with van der Waals surface area (Å²) in [6.07, 6.45) is 4.62. The monoisotopic (exact) mass is 345 g/mol. The van der Waals surface area contributed by atoms with E-state index in [0.29, 0.717) is 13.1 Å². The number of hydrogen-bond acceptors (Lipinski definition) is 3. The second-order valence-corrected chi connectivity index (χ2v) is 5.03. The molecule has 1 aromatic rings. The molecule has 1 N–H and O–H groups in total. The zero-order valence-electron chi connectivity index (χ0n) is 11.6. The number of halogens is 1. The first-order valence-corrected chi connectivity index (χ1v) is 7.05. The first kappa shape index (κ1) is 16.7. The first-order chi connectivity index (χ1) is 10.1. The maximum Gasteiger partial charge on any atom is 0.266 e. The molecule has 108 valence electrons. The molecule has 0 aliphatic carbocycles. The van der Waals surface area contributed by atoms with E-state index >= 15 is 0 Å². The maximum absolute atomic E-state index is 12.2. The van der Waals surface area contributed by atoms with E-state index in [1.807, 2.05) is 30.3 Å². The quantitative estimate of drug-likeness (QED) is 0.467. The molecule has 21 heavy (non-hydrogen) atoms. The van der Waals surface area contributed by atoms with Crippen LogP contribution in [0.5, 0.6) is 0 Å². The van der Waals surface area contributed by atoms with Gasteiger partial charge >= 0.3 is 0 Å². The number of nitriles is 1. The fourth-order valence-corrected chi connectivity index (χ4v) is 2.00. The van der Waals surface area contributed by atoms with Gasteiger partial charge in [-0.05, 0) is 18.2 Å². The van der Waals surface area contributed by atoms with Gasteiger partial charge in [0.25, 0.3) is 5.91 Å². The van der Waals surface area contributed by atoms with E-state index in [1.54, 1.807) is 12.2 Å². The molecular formula is C16H16BrN3O. The highest BCUT2D eigenvalue weighted by atomic mass is 79.9.